The number of rotatable bonds is 3. The van der Waals surface area contributed by atoms with E-state index in [0.717, 1.165) is 11.0 Å². The van der Waals surface area contributed by atoms with Crippen molar-refractivity contribution in [1.29, 1.82) is 0 Å². The highest BCUT2D eigenvalue weighted by atomic mass is 16.3. The number of hydrogen-bond acceptors (Lipinski definition) is 5. The molecule has 7 heteroatoms. The number of aromatic amines is 1. The molecule has 7 nitrogen and oxygen atoms in total. The van der Waals surface area contributed by atoms with Crippen LogP contribution in [0.2, 0.25) is 0 Å². The molecule has 1 aliphatic rings. The van der Waals surface area contributed by atoms with Crippen molar-refractivity contribution in [2.45, 2.75) is 19.9 Å². The molecule has 2 aromatic heterocycles. The highest BCUT2D eigenvalue weighted by Crippen LogP contribution is 2.41. The SMILES string of the molecule is CC(=O)C1C(=O)C(=O)N(c2ccc3nc[nH]c3c2)C1c1ccc(C)o1. The van der Waals surface area contributed by atoms with Crippen LogP contribution in [0.1, 0.15) is 24.5 Å². The van der Waals surface area contributed by atoms with Crippen molar-refractivity contribution in [3.8, 4) is 0 Å². The van der Waals surface area contributed by atoms with Crippen LogP contribution in [0.5, 0.6) is 0 Å². The number of nitrogens with one attached hydrogen (secondary N) is 1. The van der Waals surface area contributed by atoms with E-state index < -0.39 is 23.7 Å². The third-order valence-electron chi connectivity index (χ3n) is 4.48. The van der Waals surface area contributed by atoms with Crippen LogP contribution in [0.4, 0.5) is 5.69 Å². The molecule has 3 aromatic rings. The fourth-order valence-electron chi connectivity index (χ4n) is 3.33. The number of aryl methyl sites for hydroxylation is 1. The van der Waals surface area contributed by atoms with Crippen LogP contribution in [0.25, 0.3) is 11.0 Å². The Balaban J connectivity index is 1.89. The van der Waals surface area contributed by atoms with Crippen molar-refractivity contribution in [1.82, 2.24) is 9.97 Å². The average molecular weight is 337 g/mol. The first kappa shape index (κ1) is 15.3. The van der Waals surface area contributed by atoms with Crippen LogP contribution in [0.15, 0.2) is 41.1 Å². The zero-order chi connectivity index (χ0) is 17.7. The van der Waals surface area contributed by atoms with Gasteiger partial charge in [-0.05, 0) is 44.2 Å². The summed E-state index contributed by atoms with van der Waals surface area (Å²) in [6, 6.07) is 7.86. The van der Waals surface area contributed by atoms with Gasteiger partial charge in [0.2, 0.25) is 5.78 Å². The molecule has 2 atom stereocenters. The van der Waals surface area contributed by atoms with Gasteiger partial charge in [-0.1, -0.05) is 0 Å². The van der Waals surface area contributed by atoms with Gasteiger partial charge in [-0.15, -0.1) is 0 Å². The number of furan rings is 1. The minimum absolute atomic E-state index is 0.359. The first-order valence-corrected chi connectivity index (χ1v) is 7.84. The summed E-state index contributed by atoms with van der Waals surface area (Å²) in [6.45, 7) is 3.09. The molecule has 0 spiro atoms. The van der Waals surface area contributed by atoms with Gasteiger partial charge in [0.15, 0.2) is 0 Å². The third-order valence-corrected chi connectivity index (χ3v) is 4.48. The van der Waals surface area contributed by atoms with Gasteiger partial charge < -0.3 is 9.40 Å². The van der Waals surface area contributed by atoms with Crippen LogP contribution in [0, 0.1) is 12.8 Å². The van der Waals surface area contributed by atoms with Gasteiger partial charge >= 0.3 is 0 Å². The lowest BCUT2D eigenvalue weighted by Gasteiger charge is -2.24. The largest absolute Gasteiger partial charge is 0.464 e. The van der Waals surface area contributed by atoms with Crippen LogP contribution in [-0.4, -0.2) is 27.4 Å². The first-order chi connectivity index (χ1) is 12.0. The maximum atomic E-state index is 12.6. The molecule has 1 aromatic carbocycles. The quantitative estimate of drug-likeness (QED) is 0.584. The van der Waals surface area contributed by atoms with Gasteiger partial charge in [0, 0.05) is 5.69 Å². The summed E-state index contributed by atoms with van der Waals surface area (Å²) in [5, 5.41) is 0. The minimum Gasteiger partial charge on any atom is -0.464 e. The van der Waals surface area contributed by atoms with E-state index in [9.17, 15) is 14.4 Å². The molecule has 126 valence electrons. The zero-order valence-electron chi connectivity index (χ0n) is 13.6. The van der Waals surface area contributed by atoms with E-state index in [1.54, 1.807) is 43.6 Å². The number of carbonyl (C=O) groups excluding carboxylic acids is 3. The molecule has 0 bridgehead atoms. The summed E-state index contributed by atoms with van der Waals surface area (Å²) in [5.74, 6) is -1.79. The number of ketones is 2. The number of aromatic nitrogens is 2. The number of hydrogen-bond donors (Lipinski definition) is 1. The van der Waals surface area contributed by atoms with Crippen molar-refractivity contribution in [2.75, 3.05) is 4.90 Å². The molecular weight excluding hydrogens is 322 g/mol. The number of H-pyrrole nitrogens is 1. The number of imidazole rings is 1. The number of Topliss-reactive ketones (excluding diaryl/α,β-unsaturated/α-hetero) is 2. The van der Waals surface area contributed by atoms with Crippen molar-refractivity contribution in [3.63, 3.8) is 0 Å². The van der Waals surface area contributed by atoms with E-state index in [1.165, 1.54) is 11.8 Å². The van der Waals surface area contributed by atoms with Crippen molar-refractivity contribution < 1.29 is 18.8 Å². The normalized spacial score (nSPS) is 20.6. The van der Waals surface area contributed by atoms with Gasteiger partial charge in [-0.25, -0.2) is 4.98 Å². The second-order valence-corrected chi connectivity index (χ2v) is 6.12. The predicted octanol–water partition coefficient (Wildman–Crippen LogP) is 2.33. The summed E-state index contributed by atoms with van der Waals surface area (Å²) in [5.41, 5.74) is 1.99. The number of nitrogens with zero attached hydrogens (tertiary/aromatic N) is 2. The minimum atomic E-state index is -1.07. The van der Waals surface area contributed by atoms with E-state index in [4.69, 9.17) is 4.42 Å². The Bertz CT molecular complexity index is 1020. The number of anilines is 1. The van der Waals surface area contributed by atoms with Gasteiger partial charge in [-0.3, -0.25) is 19.3 Å². The summed E-state index contributed by atoms with van der Waals surface area (Å²) in [7, 11) is 0. The number of carbonyl (C=O) groups is 3. The predicted molar refractivity (Wildman–Crippen MR) is 88.9 cm³/mol. The van der Waals surface area contributed by atoms with Gasteiger partial charge in [0.1, 0.15) is 29.3 Å². The molecule has 1 N–H and O–H groups in total. The number of benzene rings is 1. The van der Waals surface area contributed by atoms with E-state index in [1.807, 2.05) is 0 Å². The molecule has 2 unspecified atom stereocenters. The van der Waals surface area contributed by atoms with Crippen molar-refractivity contribution in [2.24, 2.45) is 5.92 Å². The Morgan fingerprint density at radius 3 is 2.72 bits per heavy atom. The highest BCUT2D eigenvalue weighted by Gasteiger charge is 2.52. The van der Waals surface area contributed by atoms with E-state index in [2.05, 4.69) is 9.97 Å². The van der Waals surface area contributed by atoms with Crippen LogP contribution < -0.4 is 4.90 Å². The lowest BCUT2D eigenvalue weighted by Crippen LogP contribution is -2.30. The van der Waals surface area contributed by atoms with Crippen LogP contribution in [0.3, 0.4) is 0 Å². The Morgan fingerprint density at radius 2 is 2.04 bits per heavy atom. The highest BCUT2D eigenvalue weighted by molar-refractivity contribution is 6.48. The molecule has 0 radical (unpaired) electrons. The molecule has 1 amide bonds. The van der Waals surface area contributed by atoms with Gasteiger partial charge in [-0.2, -0.15) is 0 Å². The molecule has 3 heterocycles. The number of fused-ring (bicyclic) bond motifs is 1. The molecule has 0 saturated carbocycles. The smallest absolute Gasteiger partial charge is 0.295 e. The Hall–Kier alpha value is -3.22. The zero-order valence-corrected chi connectivity index (χ0v) is 13.6. The molecule has 1 saturated heterocycles. The van der Waals surface area contributed by atoms with E-state index >= 15 is 0 Å². The fraction of sp³-hybridized carbons (Fsp3) is 0.222. The first-order valence-electron chi connectivity index (χ1n) is 7.84. The summed E-state index contributed by atoms with van der Waals surface area (Å²) in [4.78, 5) is 45.6. The average Bonchev–Trinajstić information content (AvgIpc) is 3.26. The second kappa shape index (κ2) is 5.41. The maximum absolute atomic E-state index is 12.6. The summed E-state index contributed by atoms with van der Waals surface area (Å²) >= 11 is 0. The lowest BCUT2D eigenvalue weighted by molar-refractivity contribution is -0.138. The molecule has 4 rings (SSSR count). The molecule has 0 aliphatic carbocycles. The number of amides is 1. The second-order valence-electron chi connectivity index (χ2n) is 6.12. The van der Waals surface area contributed by atoms with E-state index in [-0.39, 0.29) is 5.78 Å². The van der Waals surface area contributed by atoms with Crippen molar-refractivity contribution >= 4 is 34.2 Å². The lowest BCUT2D eigenvalue weighted by atomic mass is 9.93. The van der Waals surface area contributed by atoms with Gasteiger partial charge in [0.25, 0.3) is 5.91 Å². The molecule has 1 aliphatic heterocycles. The molecule has 1 fully saturated rings. The third kappa shape index (κ3) is 2.27. The Morgan fingerprint density at radius 1 is 1.24 bits per heavy atom. The maximum Gasteiger partial charge on any atom is 0.295 e. The standard InChI is InChI=1S/C18H15N3O4/c1-9-3-6-14(25-9)16-15(10(2)22)17(23)18(24)21(16)11-4-5-12-13(7-11)20-8-19-12/h3-8,15-16H,1-2H3,(H,19,20). The van der Waals surface area contributed by atoms with Gasteiger partial charge in [0.05, 0.1) is 17.4 Å². The summed E-state index contributed by atoms with van der Waals surface area (Å²) in [6.07, 6.45) is 1.55. The van der Waals surface area contributed by atoms with Crippen LogP contribution in [-0.2, 0) is 14.4 Å². The monoisotopic (exact) mass is 337 g/mol. The topological polar surface area (TPSA) is 96.3 Å². The van der Waals surface area contributed by atoms with E-state index in [0.29, 0.717) is 17.2 Å². The van der Waals surface area contributed by atoms with Crippen LogP contribution >= 0.6 is 0 Å². The fourth-order valence-corrected chi connectivity index (χ4v) is 3.33. The Labute approximate surface area is 142 Å². The molecular formula is C18H15N3O4. The van der Waals surface area contributed by atoms with Crippen molar-refractivity contribution in [3.05, 3.63) is 48.2 Å². The summed E-state index contributed by atoms with van der Waals surface area (Å²) < 4.78 is 5.65. The molecule has 25 heavy (non-hydrogen) atoms. The Kier molecular flexibility index (Phi) is 3.31.